The molecule has 0 heterocycles. The van der Waals surface area contributed by atoms with Gasteiger partial charge in [-0.2, -0.15) is 0 Å². The molecule has 4 unspecified atom stereocenters. The molecule has 72 valence electrons. The highest BCUT2D eigenvalue weighted by Gasteiger charge is 2.46. The quantitative estimate of drug-likeness (QED) is 0.492. The van der Waals surface area contributed by atoms with Crippen molar-refractivity contribution in [3.05, 3.63) is 24.8 Å². The molecule has 0 amide bonds. The summed E-state index contributed by atoms with van der Waals surface area (Å²) in [6.07, 6.45) is 12.8. The lowest BCUT2D eigenvalue weighted by Gasteiger charge is -2.19. The molecule has 0 aromatic carbocycles. The van der Waals surface area contributed by atoms with E-state index in [4.69, 9.17) is 0 Å². The number of fused-ring (bicyclic) bond motifs is 5. The average molecular weight is 176 g/mol. The first-order valence-corrected chi connectivity index (χ1v) is 5.62. The summed E-state index contributed by atoms with van der Waals surface area (Å²) in [5.74, 6) is 4.26. The van der Waals surface area contributed by atoms with Gasteiger partial charge in [0.15, 0.2) is 0 Å². The van der Waals surface area contributed by atoms with Crippen LogP contribution in [0, 0.1) is 23.7 Å². The van der Waals surface area contributed by atoms with Crippen molar-refractivity contribution in [3.63, 3.8) is 0 Å². The smallest absolute Gasteiger partial charge is 0.0196 e. The lowest BCUT2D eigenvalue weighted by molar-refractivity contribution is 0.364. The molecule has 2 fully saturated rings. The molecule has 0 spiro atoms. The fourth-order valence-electron chi connectivity index (χ4n) is 3.47. The van der Waals surface area contributed by atoms with E-state index in [0.717, 1.165) is 23.7 Å². The zero-order valence-electron chi connectivity index (χ0n) is 8.58. The van der Waals surface area contributed by atoms with E-state index < -0.39 is 0 Å². The highest BCUT2D eigenvalue weighted by Crippen LogP contribution is 2.55. The van der Waals surface area contributed by atoms with Gasteiger partial charge in [0, 0.05) is 0 Å². The molecule has 2 bridgehead atoms. The van der Waals surface area contributed by atoms with Crippen LogP contribution in [0.3, 0.4) is 0 Å². The van der Waals surface area contributed by atoms with Gasteiger partial charge >= 0.3 is 0 Å². The maximum Gasteiger partial charge on any atom is -0.0196 e. The third kappa shape index (κ3) is 1.47. The van der Waals surface area contributed by atoms with Crippen molar-refractivity contribution in [3.8, 4) is 0 Å². The summed E-state index contributed by atoms with van der Waals surface area (Å²) in [4.78, 5) is 0. The van der Waals surface area contributed by atoms with Gasteiger partial charge in [0.2, 0.25) is 0 Å². The fraction of sp³-hybridized carbons (Fsp3) is 0.692. The summed E-state index contributed by atoms with van der Waals surface area (Å²) >= 11 is 0. The largest absolute Gasteiger partial charge is 0.103 e. The van der Waals surface area contributed by atoms with Gasteiger partial charge in [-0.25, -0.2) is 0 Å². The average Bonchev–Trinajstić information content (AvgIpc) is 2.79. The molecule has 0 nitrogen and oxygen atoms in total. The molecule has 0 aromatic heterocycles. The highest BCUT2D eigenvalue weighted by molar-refractivity contribution is 5.14. The van der Waals surface area contributed by atoms with Crippen molar-refractivity contribution in [2.24, 2.45) is 23.7 Å². The Balaban J connectivity index is 0.000000196. The molecule has 3 aliphatic carbocycles. The van der Waals surface area contributed by atoms with Crippen LogP contribution in [0.2, 0.25) is 0 Å². The van der Waals surface area contributed by atoms with Gasteiger partial charge in [-0.05, 0) is 49.9 Å². The van der Waals surface area contributed by atoms with Crippen molar-refractivity contribution in [2.75, 3.05) is 0 Å². The third-order valence-electron chi connectivity index (χ3n) is 3.87. The maximum absolute atomic E-state index is 3.36. The summed E-state index contributed by atoms with van der Waals surface area (Å²) in [5.41, 5.74) is 0. The van der Waals surface area contributed by atoms with Gasteiger partial charge in [0.05, 0.1) is 0 Å². The lowest BCUT2D eigenvalue weighted by Crippen LogP contribution is -2.12. The molecule has 0 aliphatic heterocycles. The lowest BCUT2D eigenvalue weighted by atomic mass is 9.86. The van der Waals surface area contributed by atoms with E-state index in [-0.39, 0.29) is 0 Å². The van der Waals surface area contributed by atoms with Crippen molar-refractivity contribution >= 4 is 0 Å². The summed E-state index contributed by atoms with van der Waals surface area (Å²) in [6.45, 7) is 5.25. The summed E-state index contributed by atoms with van der Waals surface area (Å²) < 4.78 is 0. The van der Waals surface area contributed by atoms with Crippen LogP contribution < -0.4 is 0 Å². The normalized spacial score (nSPS) is 44.1. The molecule has 3 rings (SSSR count). The standard InChI is InChI=1S/C10H14.C3H6/c1-2-9-7-4-5-8(6-7)10(9)3-1;1-3-2/h4-5,7-10H,1-3,6H2;3H,1H2,2H3. The van der Waals surface area contributed by atoms with E-state index in [1.807, 2.05) is 6.92 Å². The maximum atomic E-state index is 3.36. The molecule has 2 saturated carbocycles. The van der Waals surface area contributed by atoms with Crippen molar-refractivity contribution < 1.29 is 0 Å². The van der Waals surface area contributed by atoms with Crippen LogP contribution in [0.1, 0.15) is 32.6 Å². The third-order valence-corrected chi connectivity index (χ3v) is 3.87. The molecule has 0 N–H and O–H groups in total. The Morgan fingerprint density at radius 3 is 2.08 bits per heavy atom. The van der Waals surface area contributed by atoms with Crippen LogP contribution in [0.15, 0.2) is 24.8 Å². The fourth-order valence-corrected chi connectivity index (χ4v) is 3.47. The Morgan fingerprint density at radius 1 is 1.15 bits per heavy atom. The number of rotatable bonds is 0. The monoisotopic (exact) mass is 176 g/mol. The van der Waals surface area contributed by atoms with E-state index in [0.29, 0.717) is 0 Å². The van der Waals surface area contributed by atoms with Gasteiger partial charge in [-0.15, -0.1) is 6.58 Å². The molecular weight excluding hydrogens is 156 g/mol. The second-order valence-electron chi connectivity index (χ2n) is 4.62. The number of hydrogen-bond acceptors (Lipinski definition) is 0. The van der Waals surface area contributed by atoms with Crippen LogP contribution in [0.25, 0.3) is 0 Å². The zero-order valence-corrected chi connectivity index (χ0v) is 8.58. The number of allylic oxidation sites excluding steroid dienone is 3. The van der Waals surface area contributed by atoms with Crippen LogP contribution >= 0.6 is 0 Å². The zero-order chi connectivity index (χ0) is 9.26. The minimum Gasteiger partial charge on any atom is -0.103 e. The van der Waals surface area contributed by atoms with Crippen LogP contribution in [0.5, 0.6) is 0 Å². The predicted octanol–water partition coefficient (Wildman–Crippen LogP) is 3.80. The minimum atomic E-state index is 1.01. The molecule has 0 aromatic rings. The molecule has 0 saturated heterocycles. The Morgan fingerprint density at radius 2 is 1.62 bits per heavy atom. The van der Waals surface area contributed by atoms with Crippen LogP contribution in [-0.4, -0.2) is 0 Å². The first-order valence-electron chi connectivity index (χ1n) is 5.62. The van der Waals surface area contributed by atoms with E-state index in [1.165, 1.54) is 25.7 Å². The first kappa shape index (κ1) is 9.05. The summed E-state index contributed by atoms with van der Waals surface area (Å²) in [7, 11) is 0. The van der Waals surface area contributed by atoms with Crippen molar-refractivity contribution in [1.82, 2.24) is 0 Å². The van der Waals surface area contributed by atoms with Gasteiger partial charge in [0.25, 0.3) is 0 Å². The van der Waals surface area contributed by atoms with E-state index in [2.05, 4.69) is 18.7 Å². The van der Waals surface area contributed by atoms with Gasteiger partial charge in [0.1, 0.15) is 0 Å². The second kappa shape index (κ2) is 3.69. The Labute approximate surface area is 81.7 Å². The van der Waals surface area contributed by atoms with Crippen molar-refractivity contribution in [1.29, 1.82) is 0 Å². The predicted molar refractivity (Wildman–Crippen MR) is 57.4 cm³/mol. The molecule has 3 aliphatic rings. The van der Waals surface area contributed by atoms with E-state index in [9.17, 15) is 0 Å². The topological polar surface area (TPSA) is 0 Å². The summed E-state index contributed by atoms with van der Waals surface area (Å²) in [6, 6.07) is 0. The minimum absolute atomic E-state index is 1.01. The van der Waals surface area contributed by atoms with Gasteiger partial charge in [-0.1, -0.05) is 24.6 Å². The molecule has 13 heavy (non-hydrogen) atoms. The first-order chi connectivity index (χ1) is 6.36. The Hall–Kier alpha value is -0.520. The van der Waals surface area contributed by atoms with Crippen molar-refractivity contribution in [2.45, 2.75) is 32.6 Å². The molecule has 0 radical (unpaired) electrons. The molecular formula is C13H20. The molecule has 4 atom stereocenters. The van der Waals surface area contributed by atoms with Gasteiger partial charge < -0.3 is 0 Å². The highest BCUT2D eigenvalue weighted by atomic mass is 14.5. The van der Waals surface area contributed by atoms with Gasteiger partial charge in [-0.3, -0.25) is 0 Å². The second-order valence-corrected chi connectivity index (χ2v) is 4.62. The molecule has 0 heteroatoms. The van der Waals surface area contributed by atoms with E-state index >= 15 is 0 Å². The van der Waals surface area contributed by atoms with Crippen LogP contribution in [-0.2, 0) is 0 Å². The Bertz CT molecular complexity index is 196. The van der Waals surface area contributed by atoms with Crippen LogP contribution in [0.4, 0.5) is 0 Å². The SMILES string of the molecule is C1=CC2CC1C1CCCC21.C=CC. The Kier molecular flexibility index (Phi) is 2.57. The summed E-state index contributed by atoms with van der Waals surface area (Å²) in [5, 5.41) is 0. The number of hydrogen-bond donors (Lipinski definition) is 0. The van der Waals surface area contributed by atoms with E-state index in [1.54, 1.807) is 6.08 Å².